The van der Waals surface area contributed by atoms with Crippen molar-refractivity contribution in [2.24, 2.45) is 5.41 Å². The number of benzene rings is 3. The summed E-state index contributed by atoms with van der Waals surface area (Å²) in [4.78, 5) is 23.2. The van der Waals surface area contributed by atoms with Crippen LogP contribution in [0.1, 0.15) is 47.9 Å². The Kier molecular flexibility index (Phi) is 7.13. The molecular formula is C32H29FN4O5S. The number of phenols is 1. The topological polar surface area (TPSA) is 122 Å². The maximum absolute atomic E-state index is 16.2. The molecule has 1 aromatic heterocycles. The summed E-state index contributed by atoms with van der Waals surface area (Å²) < 4.78 is 50.2. The van der Waals surface area contributed by atoms with Crippen molar-refractivity contribution in [1.29, 1.82) is 0 Å². The lowest BCUT2D eigenvalue weighted by Crippen LogP contribution is -2.41. The van der Waals surface area contributed by atoms with Gasteiger partial charge in [0.05, 0.1) is 16.3 Å². The van der Waals surface area contributed by atoms with Gasteiger partial charge in [0.25, 0.3) is 5.91 Å². The Balaban J connectivity index is 1.56. The minimum Gasteiger partial charge on any atom is -0.506 e. The van der Waals surface area contributed by atoms with Crippen LogP contribution in [-0.2, 0) is 16.4 Å². The Labute approximate surface area is 248 Å². The van der Waals surface area contributed by atoms with Gasteiger partial charge in [-0.15, -0.1) is 0 Å². The van der Waals surface area contributed by atoms with E-state index in [0.29, 0.717) is 0 Å². The van der Waals surface area contributed by atoms with Crippen molar-refractivity contribution in [3.8, 4) is 11.5 Å². The Morgan fingerprint density at radius 3 is 2.63 bits per heavy atom. The number of halogens is 1. The van der Waals surface area contributed by atoms with Gasteiger partial charge in [0.2, 0.25) is 0 Å². The van der Waals surface area contributed by atoms with Gasteiger partial charge >= 0.3 is 0 Å². The fraction of sp³-hybridized carbons (Fsp3) is 0.219. The summed E-state index contributed by atoms with van der Waals surface area (Å²) in [5, 5.41) is 14.0. The number of ether oxygens (including phenoxy) is 1. The molecule has 3 heterocycles. The number of para-hydroxylation sites is 1. The number of rotatable bonds is 5. The van der Waals surface area contributed by atoms with Crippen LogP contribution in [0.25, 0.3) is 0 Å². The van der Waals surface area contributed by atoms with Crippen molar-refractivity contribution < 1.29 is 27.4 Å². The van der Waals surface area contributed by atoms with Crippen LogP contribution >= 0.6 is 0 Å². The molecular weight excluding hydrogens is 571 g/mol. The van der Waals surface area contributed by atoms with Crippen LogP contribution in [0, 0.1) is 11.2 Å². The molecule has 0 aliphatic carbocycles. The number of aromatic hydroxyl groups is 1. The number of fused-ring (bicyclic) bond motifs is 1. The molecule has 1 atom stereocenters. The van der Waals surface area contributed by atoms with Crippen molar-refractivity contribution in [3.63, 3.8) is 0 Å². The predicted octanol–water partition coefficient (Wildman–Crippen LogP) is 5.77. The fourth-order valence-electron chi connectivity index (χ4n) is 5.71. The number of anilines is 2. The first-order valence-electron chi connectivity index (χ1n) is 13.6. The average Bonchev–Trinajstić information content (AvgIpc) is 3.11. The highest BCUT2D eigenvalue weighted by atomic mass is 32.2. The molecule has 0 spiro atoms. The molecule has 6 rings (SSSR count). The van der Waals surface area contributed by atoms with Crippen molar-refractivity contribution in [1.82, 2.24) is 9.97 Å². The van der Waals surface area contributed by atoms with E-state index in [1.165, 1.54) is 47.8 Å². The molecule has 220 valence electrons. The van der Waals surface area contributed by atoms with E-state index in [1.807, 2.05) is 44.2 Å². The number of nitrogens with one attached hydrogen (secondary N) is 1. The van der Waals surface area contributed by atoms with Crippen LogP contribution in [0.5, 0.6) is 11.5 Å². The number of hydrogen-bond donors (Lipinski definition) is 2. The maximum Gasteiger partial charge on any atom is 0.277 e. The second kappa shape index (κ2) is 10.8. The number of amides is 1. The Morgan fingerprint density at radius 1 is 1.12 bits per heavy atom. The zero-order chi connectivity index (χ0) is 30.4. The van der Waals surface area contributed by atoms with Crippen LogP contribution in [-0.4, -0.2) is 35.2 Å². The number of hydrogen-bond acceptors (Lipinski definition) is 8. The van der Waals surface area contributed by atoms with Crippen LogP contribution < -0.4 is 15.0 Å². The average molecular weight is 601 g/mol. The van der Waals surface area contributed by atoms with Gasteiger partial charge in [-0.1, -0.05) is 50.2 Å². The van der Waals surface area contributed by atoms with Gasteiger partial charge in [-0.3, -0.25) is 9.69 Å². The highest BCUT2D eigenvalue weighted by Crippen LogP contribution is 2.52. The smallest absolute Gasteiger partial charge is 0.277 e. The zero-order valence-electron chi connectivity index (χ0n) is 23.5. The highest BCUT2D eigenvalue weighted by Gasteiger charge is 2.48. The third-order valence-corrected chi connectivity index (χ3v) is 9.77. The molecule has 0 saturated carbocycles. The van der Waals surface area contributed by atoms with Gasteiger partial charge < -0.3 is 15.2 Å². The highest BCUT2D eigenvalue weighted by molar-refractivity contribution is 7.95. The maximum atomic E-state index is 16.2. The first-order chi connectivity index (χ1) is 20.5. The van der Waals surface area contributed by atoms with E-state index in [2.05, 4.69) is 15.3 Å². The summed E-state index contributed by atoms with van der Waals surface area (Å²) in [6.45, 7) is 3.85. The molecule has 0 saturated heterocycles. The van der Waals surface area contributed by atoms with Gasteiger partial charge in [-0.05, 0) is 47.7 Å². The molecule has 2 N–H and O–H groups in total. The SMILES string of the molecule is CC1(C)CC2=C(C(c3ccc(OCc4ccccc4)cc3F)N(C(=O)c3ccncn3)c3cccc(O)c3N2)S(=O)(=O)C1. The number of carbonyl (C=O) groups is 1. The summed E-state index contributed by atoms with van der Waals surface area (Å²) >= 11 is 0. The zero-order valence-corrected chi connectivity index (χ0v) is 24.3. The summed E-state index contributed by atoms with van der Waals surface area (Å²) in [5.74, 6) is -1.62. The first kappa shape index (κ1) is 28.4. The van der Waals surface area contributed by atoms with Crippen LogP contribution in [0.15, 0.2) is 95.9 Å². The minimum absolute atomic E-state index is 0.0323. The van der Waals surface area contributed by atoms with E-state index in [-0.39, 0.29) is 63.5 Å². The largest absolute Gasteiger partial charge is 0.506 e. The van der Waals surface area contributed by atoms with Gasteiger partial charge in [0.1, 0.15) is 47.7 Å². The molecule has 3 aromatic carbocycles. The van der Waals surface area contributed by atoms with Gasteiger partial charge in [0.15, 0.2) is 9.84 Å². The molecule has 1 amide bonds. The molecule has 1 unspecified atom stereocenters. The molecule has 0 bridgehead atoms. The third kappa shape index (κ3) is 5.43. The van der Waals surface area contributed by atoms with Gasteiger partial charge in [-0.25, -0.2) is 22.8 Å². The molecule has 43 heavy (non-hydrogen) atoms. The second-order valence-corrected chi connectivity index (χ2v) is 13.3. The van der Waals surface area contributed by atoms with E-state index in [9.17, 15) is 18.3 Å². The normalized spacial score (nSPS) is 18.6. The number of allylic oxidation sites excluding steroid dienone is 1. The van der Waals surface area contributed by atoms with E-state index in [1.54, 1.807) is 12.1 Å². The number of aromatic nitrogens is 2. The van der Waals surface area contributed by atoms with E-state index < -0.39 is 33.0 Å². The van der Waals surface area contributed by atoms with Crippen LogP contribution in [0.4, 0.5) is 15.8 Å². The number of nitrogens with zero attached hydrogens (tertiary/aromatic N) is 3. The monoisotopic (exact) mass is 600 g/mol. The fourth-order valence-corrected chi connectivity index (χ4v) is 8.07. The molecule has 9 nitrogen and oxygen atoms in total. The summed E-state index contributed by atoms with van der Waals surface area (Å²) in [5.41, 5.74) is 0.727. The summed E-state index contributed by atoms with van der Waals surface area (Å²) in [7, 11) is -4.05. The number of sulfone groups is 1. The first-order valence-corrected chi connectivity index (χ1v) is 15.3. The van der Waals surface area contributed by atoms with Crippen molar-refractivity contribution in [2.75, 3.05) is 16.0 Å². The second-order valence-electron chi connectivity index (χ2n) is 11.4. The lowest BCUT2D eigenvalue weighted by atomic mass is 9.88. The van der Waals surface area contributed by atoms with Crippen LogP contribution in [0.2, 0.25) is 0 Å². The lowest BCUT2D eigenvalue weighted by molar-refractivity contribution is 0.0975. The van der Waals surface area contributed by atoms with Gasteiger partial charge in [0, 0.05) is 23.5 Å². The lowest BCUT2D eigenvalue weighted by Gasteiger charge is -2.37. The summed E-state index contributed by atoms with van der Waals surface area (Å²) in [6, 6.07) is 18.1. The quantitative estimate of drug-likeness (QED) is 0.277. The van der Waals surface area contributed by atoms with Crippen molar-refractivity contribution >= 4 is 27.1 Å². The molecule has 2 aliphatic heterocycles. The number of phenolic OH excluding ortho intramolecular Hbond substituents is 1. The third-order valence-electron chi connectivity index (χ3n) is 7.47. The summed E-state index contributed by atoms with van der Waals surface area (Å²) in [6.07, 6.45) is 2.87. The molecule has 0 radical (unpaired) electrons. The molecule has 2 aliphatic rings. The minimum atomic E-state index is -4.05. The molecule has 4 aromatic rings. The standard InChI is InChI=1S/C32H29FN4O5S/c1-32(2)16-25-30(43(40,41)18-32)29(22-12-11-21(15-23(22)33)42-17-20-7-4-3-5-8-20)37(31(39)24-13-14-34-19-35-24)26-9-6-10-27(38)28(26)36-25/h3-15,19,29,36,38H,16-18H2,1-2H3. The predicted molar refractivity (Wildman–Crippen MR) is 160 cm³/mol. The van der Waals surface area contributed by atoms with Crippen LogP contribution in [0.3, 0.4) is 0 Å². The Bertz CT molecular complexity index is 1850. The Hall–Kier alpha value is -4.77. The van der Waals surface area contributed by atoms with Crippen molar-refractivity contribution in [3.05, 3.63) is 119 Å². The molecule has 0 fully saturated rings. The number of carbonyl (C=O) groups excluding carboxylic acids is 1. The van der Waals surface area contributed by atoms with E-state index in [0.717, 1.165) is 5.56 Å². The molecule has 11 heteroatoms. The Morgan fingerprint density at radius 2 is 1.91 bits per heavy atom. The van der Waals surface area contributed by atoms with Gasteiger partial charge in [-0.2, -0.15) is 0 Å². The van der Waals surface area contributed by atoms with E-state index >= 15 is 4.39 Å². The van der Waals surface area contributed by atoms with Crippen molar-refractivity contribution in [2.45, 2.75) is 32.9 Å². The van der Waals surface area contributed by atoms with E-state index in [4.69, 9.17) is 4.74 Å².